The molecule has 0 unspecified atom stereocenters. The number of aromatic amines is 2. The van der Waals surface area contributed by atoms with Crippen LogP contribution in [0.25, 0.3) is 11.0 Å². The molecule has 0 saturated carbocycles. The zero-order valence-corrected chi connectivity index (χ0v) is 11.6. The van der Waals surface area contributed by atoms with E-state index in [4.69, 9.17) is 0 Å². The Hall–Kier alpha value is -1.69. The average molecular weight is 279 g/mol. The number of hydrogen-bond donors (Lipinski definition) is 3. The van der Waals surface area contributed by atoms with Crippen LogP contribution in [0.3, 0.4) is 0 Å². The Bertz CT molecular complexity index is 663. The summed E-state index contributed by atoms with van der Waals surface area (Å²) in [7, 11) is 0. The number of fused-ring (bicyclic) bond motifs is 1. The summed E-state index contributed by atoms with van der Waals surface area (Å²) < 4.78 is 0. The number of H-pyrrole nitrogens is 2. The number of nitrogens with one attached hydrogen (secondary N) is 3. The van der Waals surface area contributed by atoms with Crippen molar-refractivity contribution in [2.24, 2.45) is 0 Å². The van der Waals surface area contributed by atoms with Gasteiger partial charge < -0.3 is 15.3 Å². The molecule has 19 heavy (non-hydrogen) atoms. The number of anilines is 1. The number of thioether (sulfide) groups is 1. The highest BCUT2D eigenvalue weighted by Crippen LogP contribution is 2.13. The highest BCUT2D eigenvalue weighted by atomic mass is 32.2. The van der Waals surface area contributed by atoms with Crippen LogP contribution in [-0.2, 0) is 0 Å². The van der Waals surface area contributed by atoms with Crippen molar-refractivity contribution in [3.8, 4) is 0 Å². The molecule has 0 bridgehead atoms. The molecule has 0 aliphatic carbocycles. The molecule has 0 amide bonds. The van der Waals surface area contributed by atoms with Gasteiger partial charge in [-0.25, -0.2) is 0 Å². The van der Waals surface area contributed by atoms with Crippen LogP contribution in [0.5, 0.6) is 0 Å². The van der Waals surface area contributed by atoms with Crippen molar-refractivity contribution in [2.45, 2.75) is 12.8 Å². The van der Waals surface area contributed by atoms with Gasteiger partial charge in [0.15, 0.2) is 0 Å². The molecule has 2 rings (SSSR count). The molecule has 0 aliphatic heterocycles. The zero-order chi connectivity index (χ0) is 13.7. The molecule has 0 saturated heterocycles. The minimum atomic E-state index is -0.621. The lowest BCUT2D eigenvalue weighted by Crippen LogP contribution is -2.28. The highest BCUT2D eigenvalue weighted by molar-refractivity contribution is 7.98. The molecule has 1 heterocycles. The number of hydrogen-bond acceptors (Lipinski definition) is 4. The van der Waals surface area contributed by atoms with Gasteiger partial charge in [-0.05, 0) is 43.0 Å². The Balaban J connectivity index is 2.07. The summed E-state index contributed by atoms with van der Waals surface area (Å²) in [5, 5.41) is 3.31. The quantitative estimate of drug-likeness (QED) is 0.556. The highest BCUT2D eigenvalue weighted by Gasteiger charge is 2.00. The SMILES string of the molecule is CSCCCCNc1ccc2[nH]c(=O)c(=O)[nH]c2c1. The molecule has 2 aromatic rings. The van der Waals surface area contributed by atoms with Crippen LogP contribution < -0.4 is 16.4 Å². The van der Waals surface area contributed by atoms with Crippen LogP contribution in [0.2, 0.25) is 0 Å². The lowest BCUT2D eigenvalue weighted by Gasteiger charge is -2.07. The summed E-state index contributed by atoms with van der Waals surface area (Å²) in [4.78, 5) is 27.5. The summed E-state index contributed by atoms with van der Waals surface area (Å²) >= 11 is 1.85. The standard InChI is InChI=1S/C13H17N3O2S/c1-19-7-3-2-6-14-9-4-5-10-11(8-9)16-13(18)12(17)15-10/h4-5,8,14H,2-3,6-7H2,1H3,(H,15,17)(H,16,18). The van der Waals surface area contributed by atoms with E-state index in [1.54, 1.807) is 6.07 Å². The first-order valence-corrected chi connectivity index (χ1v) is 7.59. The third-order valence-electron chi connectivity index (χ3n) is 2.83. The molecular weight excluding hydrogens is 262 g/mol. The number of unbranched alkanes of at least 4 members (excludes halogenated alkanes) is 1. The molecule has 0 fully saturated rings. The molecule has 1 aromatic carbocycles. The molecular formula is C13H17N3O2S. The fourth-order valence-corrected chi connectivity index (χ4v) is 2.32. The first-order chi connectivity index (χ1) is 9.20. The third kappa shape index (κ3) is 3.64. The van der Waals surface area contributed by atoms with Crippen LogP contribution in [0, 0.1) is 0 Å². The van der Waals surface area contributed by atoms with Crippen LogP contribution in [0.15, 0.2) is 27.8 Å². The molecule has 6 heteroatoms. The Labute approximate surface area is 114 Å². The Morgan fingerprint density at radius 1 is 1.11 bits per heavy atom. The molecule has 0 atom stereocenters. The van der Waals surface area contributed by atoms with E-state index in [1.807, 2.05) is 23.9 Å². The molecule has 1 aromatic heterocycles. The largest absolute Gasteiger partial charge is 0.385 e. The summed E-state index contributed by atoms with van der Waals surface area (Å²) in [5.41, 5.74) is 0.977. The summed E-state index contributed by atoms with van der Waals surface area (Å²) in [5.74, 6) is 1.17. The monoisotopic (exact) mass is 279 g/mol. The van der Waals surface area contributed by atoms with Crippen LogP contribution in [0.1, 0.15) is 12.8 Å². The fourth-order valence-electron chi connectivity index (χ4n) is 1.83. The molecule has 3 N–H and O–H groups in total. The van der Waals surface area contributed by atoms with E-state index >= 15 is 0 Å². The second-order valence-electron chi connectivity index (χ2n) is 4.30. The Morgan fingerprint density at radius 2 is 1.84 bits per heavy atom. The number of rotatable bonds is 6. The second kappa shape index (κ2) is 6.47. The first kappa shape index (κ1) is 13.7. The minimum Gasteiger partial charge on any atom is -0.385 e. The molecule has 0 aliphatic rings. The number of benzene rings is 1. The molecule has 5 nitrogen and oxygen atoms in total. The van der Waals surface area contributed by atoms with Crippen LogP contribution in [0.4, 0.5) is 5.69 Å². The fraction of sp³-hybridized carbons (Fsp3) is 0.385. The van der Waals surface area contributed by atoms with Crippen molar-refractivity contribution in [1.29, 1.82) is 0 Å². The van der Waals surface area contributed by atoms with Gasteiger partial charge in [0, 0.05) is 12.2 Å². The maximum atomic E-state index is 11.3. The number of aromatic nitrogens is 2. The van der Waals surface area contributed by atoms with Crippen LogP contribution in [-0.4, -0.2) is 28.5 Å². The second-order valence-corrected chi connectivity index (χ2v) is 5.28. The van der Waals surface area contributed by atoms with Crippen molar-refractivity contribution in [3.63, 3.8) is 0 Å². The predicted molar refractivity (Wildman–Crippen MR) is 81.3 cm³/mol. The maximum Gasteiger partial charge on any atom is 0.314 e. The average Bonchev–Trinajstić information content (AvgIpc) is 2.40. The van der Waals surface area contributed by atoms with Gasteiger partial charge in [0.1, 0.15) is 0 Å². The van der Waals surface area contributed by atoms with Crippen molar-refractivity contribution >= 4 is 28.5 Å². The van der Waals surface area contributed by atoms with Crippen molar-refractivity contribution in [1.82, 2.24) is 9.97 Å². The van der Waals surface area contributed by atoms with E-state index in [2.05, 4.69) is 21.5 Å². The van der Waals surface area contributed by atoms with Gasteiger partial charge in [-0.1, -0.05) is 0 Å². The first-order valence-electron chi connectivity index (χ1n) is 6.20. The van der Waals surface area contributed by atoms with E-state index in [0.717, 1.165) is 18.7 Å². The van der Waals surface area contributed by atoms with Gasteiger partial charge >= 0.3 is 11.1 Å². The topological polar surface area (TPSA) is 77.8 Å². The summed E-state index contributed by atoms with van der Waals surface area (Å²) in [6.07, 6.45) is 4.40. The predicted octanol–water partition coefficient (Wildman–Crippen LogP) is 1.77. The van der Waals surface area contributed by atoms with E-state index in [0.29, 0.717) is 11.0 Å². The third-order valence-corrected chi connectivity index (χ3v) is 3.52. The smallest absolute Gasteiger partial charge is 0.314 e. The Kier molecular flexibility index (Phi) is 4.68. The van der Waals surface area contributed by atoms with E-state index in [9.17, 15) is 9.59 Å². The van der Waals surface area contributed by atoms with E-state index in [1.165, 1.54) is 12.2 Å². The van der Waals surface area contributed by atoms with Crippen molar-refractivity contribution in [3.05, 3.63) is 38.9 Å². The molecule has 0 radical (unpaired) electrons. The van der Waals surface area contributed by atoms with Crippen molar-refractivity contribution < 1.29 is 0 Å². The van der Waals surface area contributed by atoms with Gasteiger partial charge in [0.05, 0.1) is 11.0 Å². The van der Waals surface area contributed by atoms with Gasteiger partial charge in [-0.15, -0.1) is 0 Å². The summed E-state index contributed by atoms with van der Waals surface area (Å²) in [6.45, 7) is 0.902. The summed E-state index contributed by atoms with van der Waals surface area (Å²) in [6, 6.07) is 5.52. The lowest BCUT2D eigenvalue weighted by atomic mass is 10.2. The molecule has 102 valence electrons. The normalized spacial score (nSPS) is 10.8. The van der Waals surface area contributed by atoms with Gasteiger partial charge in [0.2, 0.25) is 0 Å². The molecule has 0 spiro atoms. The maximum absolute atomic E-state index is 11.3. The van der Waals surface area contributed by atoms with E-state index in [-0.39, 0.29) is 0 Å². The van der Waals surface area contributed by atoms with Gasteiger partial charge in [0.25, 0.3) is 0 Å². The van der Waals surface area contributed by atoms with Gasteiger partial charge in [-0.3, -0.25) is 9.59 Å². The van der Waals surface area contributed by atoms with Crippen molar-refractivity contribution in [2.75, 3.05) is 23.9 Å². The lowest BCUT2D eigenvalue weighted by molar-refractivity contribution is 0.843. The minimum absolute atomic E-state index is 0.620. The van der Waals surface area contributed by atoms with Crippen LogP contribution >= 0.6 is 11.8 Å². The van der Waals surface area contributed by atoms with E-state index < -0.39 is 11.1 Å². The van der Waals surface area contributed by atoms with Gasteiger partial charge in [-0.2, -0.15) is 11.8 Å². The zero-order valence-electron chi connectivity index (χ0n) is 10.8. The Morgan fingerprint density at radius 3 is 2.58 bits per heavy atom.